The molecule has 11 aromatic carbocycles. The summed E-state index contributed by atoms with van der Waals surface area (Å²) in [4.78, 5) is 0. The van der Waals surface area contributed by atoms with Gasteiger partial charge >= 0.3 is 0 Å². The molecular formula is C66H45N3Si. The zero-order valence-corrected chi connectivity index (χ0v) is 39.3. The lowest BCUT2D eigenvalue weighted by Gasteiger charge is -2.35. The van der Waals surface area contributed by atoms with E-state index in [9.17, 15) is 0 Å². The molecule has 328 valence electrons. The molecule has 70 heavy (non-hydrogen) atoms. The fourth-order valence-corrected chi connectivity index (χ4v) is 16.8. The van der Waals surface area contributed by atoms with Crippen molar-refractivity contribution >= 4 is 94.2 Å². The zero-order valence-electron chi connectivity index (χ0n) is 38.3. The second kappa shape index (κ2) is 16.1. The Labute approximate surface area is 407 Å². The van der Waals surface area contributed by atoms with Gasteiger partial charge in [-0.25, -0.2) is 0 Å². The van der Waals surface area contributed by atoms with E-state index in [1.54, 1.807) is 0 Å². The Hall–Kier alpha value is -8.96. The van der Waals surface area contributed by atoms with Crippen molar-refractivity contribution in [1.82, 2.24) is 13.7 Å². The number of para-hydroxylation sites is 4. The summed E-state index contributed by atoms with van der Waals surface area (Å²) in [5.74, 6) is 0. The van der Waals surface area contributed by atoms with Crippen LogP contribution >= 0.6 is 0 Å². The predicted molar refractivity (Wildman–Crippen MR) is 299 cm³/mol. The Morgan fingerprint density at radius 1 is 0.229 bits per heavy atom. The number of hydrogen-bond donors (Lipinski definition) is 0. The van der Waals surface area contributed by atoms with Gasteiger partial charge in [0.15, 0.2) is 8.07 Å². The van der Waals surface area contributed by atoms with Gasteiger partial charge in [-0.05, 0) is 86.5 Å². The molecule has 0 unspecified atom stereocenters. The molecule has 0 aliphatic rings. The Morgan fingerprint density at radius 2 is 0.600 bits per heavy atom. The third-order valence-corrected chi connectivity index (χ3v) is 19.6. The molecule has 0 spiro atoms. The van der Waals surface area contributed by atoms with Crippen LogP contribution in [0.1, 0.15) is 0 Å². The van der Waals surface area contributed by atoms with Crippen molar-refractivity contribution in [2.75, 3.05) is 0 Å². The lowest BCUT2D eigenvalue weighted by Crippen LogP contribution is -2.75. The molecule has 0 atom stereocenters. The highest BCUT2D eigenvalue weighted by molar-refractivity contribution is 7.20. The van der Waals surface area contributed by atoms with Gasteiger partial charge in [0.1, 0.15) is 0 Å². The average Bonchev–Trinajstić information content (AvgIpc) is 4.08. The molecule has 0 aliphatic carbocycles. The Kier molecular flexibility index (Phi) is 9.23. The molecule has 0 fully saturated rings. The minimum atomic E-state index is -3.04. The summed E-state index contributed by atoms with van der Waals surface area (Å²) in [5.41, 5.74) is 12.9. The van der Waals surface area contributed by atoms with Crippen LogP contribution in [0.4, 0.5) is 0 Å². The second-order valence-electron chi connectivity index (χ2n) is 18.4. The monoisotopic (exact) mass is 907 g/mol. The number of rotatable bonds is 8. The van der Waals surface area contributed by atoms with Gasteiger partial charge < -0.3 is 13.7 Å². The summed E-state index contributed by atoms with van der Waals surface area (Å²) in [6.07, 6.45) is 0. The van der Waals surface area contributed by atoms with Crippen molar-refractivity contribution in [3.63, 3.8) is 0 Å². The first-order chi connectivity index (χ1) is 34.8. The van der Waals surface area contributed by atoms with Crippen molar-refractivity contribution in [2.24, 2.45) is 0 Å². The molecule has 14 rings (SSSR count). The molecular weight excluding hydrogens is 863 g/mol. The molecule has 4 heteroatoms. The summed E-state index contributed by atoms with van der Waals surface area (Å²) < 4.78 is 7.52. The van der Waals surface area contributed by atoms with Crippen LogP contribution in [0.2, 0.25) is 0 Å². The molecule has 3 nitrogen and oxygen atoms in total. The Bertz CT molecular complexity index is 4130. The first-order valence-corrected chi connectivity index (χ1v) is 26.2. The molecule has 3 heterocycles. The molecule has 0 N–H and O–H groups in total. The summed E-state index contributed by atoms with van der Waals surface area (Å²) in [6.45, 7) is 0. The minimum absolute atomic E-state index is 1.11. The highest BCUT2D eigenvalue weighted by Gasteiger charge is 2.43. The molecule has 0 radical (unpaired) electrons. The predicted octanol–water partition coefficient (Wildman–Crippen LogP) is 14.0. The van der Waals surface area contributed by atoms with Gasteiger partial charge in [0.05, 0.1) is 33.1 Å². The van der Waals surface area contributed by atoms with Gasteiger partial charge in [0, 0.05) is 49.4 Å². The third kappa shape index (κ3) is 6.00. The SMILES string of the molecule is c1ccc(-c2cccc(-n3c4ccccc4c4ccc(-n5c6cc(-n7c8ccccc8c8ccccc87)ccc6c6cccc([Si](c7ccccc7)(c7ccccc7)c7ccccc7)c65)cc43)c2)cc1. The van der Waals surface area contributed by atoms with E-state index < -0.39 is 8.07 Å². The number of hydrogen-bond acceptors (Lipinski definition) is 0. The van der Waals surface area contributed by atoms with Crippen LogP contribution in [-0.2, 0) is 0 Å². The largest absolute Gasteiger partial charge is 0.309 e. The minimum Gasteiger partial charge on any atom is -0.309 e. The van der Waals surface area contributed by atoms with E-state index in [1.807, 2.05) is 0 Å². The lowest BCUT2D eigenvalue weighted by molar-refractivity contribution is 1.15. The second-order valence-corrected chi connectivity index (χ2v) is 22.2. The normalized spacial score (nSPS) is 12.0. The highest BCUT2D eigenvalue weighted by Crippen LogP contribution is 2.40. The van der Waals surface area contributed by atoms with E-state index in [2.05, 4.69) is 287 Å². The molecule has 0 bridgehead atoms. The summed E-state index contributed by atoms with van der Waals surface area (Å²) in [5, 5.41) is 12.8. The number of aromatic nitrogens is 3. The lowest BCUT2D eigenvalue weighted by atomic mass is 10.1. The summed E-state index contributed by atoms with van der Waals surface area (Å²) in [6, 6.07) is 102. The van der Waals surface area contributed by atoms with E-state index >= 15 is 0 Å². The van der Waals surface area contributed by atoms with E-state index in [0.717, 1.165) is 28.1 Å². The molecule has 0 aliphatic heterocycles. The van der Waals surface area contributed by atoms with Crippen LogP contribution < -0.4 is 20.7 Å². The van der Waals surface area contributed by atoms with Gasteiger partial charge in [0.2, 0.25) is 0 Å². The standard InChI is InChI=1S/C66H45N3Si/c1-5-21-46(22-6-1)47-23-19-24-48(43-47)68-62-37-18-15-33-56(62)57-41-40-50(45-63(57)68)69-64-44-49(67-60-35-16-13-31-54(60)55-32-14-17-36-61(55)67)39-42-58(64)59-34-20-38-65(66(59)69)70(51-25-7-2-8-26-51,52-27-9-3-10-28-52)53-29-11-4-12-30-53/h1-45H. The first-order valence-electron chi connectivity index (χ1n) is 24.2. The molecule has 0 saturated heterocycles. The van der Waals surface area contributed by atoms with Crippen molar-refractivity contribution in [2.45, 2.75) is 0 Å². The zero-order chi connectivity index (χ0) is 46.2. The van der Waals surface area contributed by atoms with Gasteiger partial charge in [0.25, 0.3) is 0 Å². The average molecular weight is 908 g/mol. The van der Waals surface area contributed by atoms with Crippen LogP contribution in [0.25, 0.3) is 93.6 Å². The van der Waals surface area contributed by atoms with Gasteiger partial charge in [-0.3, -0.25) is 0 Å². The number of nitrogens with zero attached hydrogens (tertiary/aromatic N) is 3. The summed E-state index contributed by atoms with van der Waals surface area (Å²) >= 11 is 0. The van der Waals surface area contributed by atoms with Crippen molar-refractivity contribution < 1.29 is 0 Å². The van der Waals surface area contributed by atoms with Crippen molar-refractivity contribution in [3.8, 4) is 28.2 Å². The van der Waals surface area contributed by atoms with Crippen LogP contribution in [-0.4, -0.2) is 21.8 Å². The third-order valence-electron chi connectivity index (χ3n) is 14.8. The fraction of sp³-hybridized carbons (Fsp3) is 0. The maximum atomic E-state index is 2.61. The van der Waals surface area contributed by atoms with Crippen LogP contribution in [0.15, 0.2) is 273 Å². The highest BCUT2D eigenvalue weighted by atomic mass is 28.3. The molecule has 0 amide bonds. The van der Waals surface area contributed by atoms with E-state index in [1.165, 1.54) is 86.3 Å². The number of fused-ring (bicyclic) bond motifs is 9. The van der Waals surface area contributed by atoms with Gasteiger partial charge in [-0.15, -0.1) is 0 Å². The summed E-state index contributed by atoms with van der Waals surface area (Å²) in [7, 11) is -3.04. The number of benzene rings is 11. The van der Waals surface area contributed by atoms with Crippen molar-refractivity contribution in [3.05, 3.63) is 273 Å². The van der Waals surface area contributed by atoms with E-state index in [-0.39, 0.29) is 0 Å². The van der Waals surface area contributed by atoms with E-state index in [4.69, 9.17) is 0 Å². The maximum Gasteiger partial charge on any atom is 0.181 e. The van der Waals surface area contributed by atoms with Crippen LogP contribution in [0.3, 0.4) is 0 Å². The Balaban J connectivity index is 1.13. The fourth-order valence-electron chi connectivity index (χ4n) is 11.8. The molecule has 14 aromatic rings. The van der Waals surface area contributed by atoms with Crippen LogP contribution in [0.5, 0.6) is 0 Å². The topological polar surface area (TPSA) is 14.8 Å². The quantitative estimate of drug-likeness (QED) is 0.107. The Morgan fingerprint density at radius 3 is 1.14 bits per heavy atom. The van der Waals surface area contributed by atoms with E-state index in [0.29, 0.717) is 0 Å². The smallest absolute Gasteiger partial charge is 0.181 e. The van der Waals surface area contributed by atoms with Gasteiger partial charge in [-0.1, -0.05) is 218 Å². The molecule has 3 aromatic heterocycles. The van der Waals surface area contributed by atoms with Crippen molar-refractivity contribution in [1.29, 1.82) is 0 Å². The molecule has 0 saturated carbocycles. The van der Waals surface area contributed by atoms with Crippen LogP contribution in [0, 0.1) is 0 Å². The maximum absolute atomic E-state index is 3.04. The first kappa shape index (κ1) is 40.1. The van der Waals surface area contributed by atoms with Gasteiger partial charge in [-0.2, -0.15) is 0 Å².